The van der Waals surface area contributed by atoms with Crippen LogP contribution in [0.1, 0.15) is 37.9 Å². The maximum absolute atomic E-state index is 11.4. The minimum Gasteiger partial charge on any atom is -0.481 e. The van der Waals surface area contributed by atoms with Crippen molar-refractivity contribution in [1.29, 1.82) is 0 Å². The standard InChI is InChI=1S/C11H14N2O3S/c1-6(4-10(15)16)17-9-5-8(14)12-11(13-9)7-2-3-7/h5-7H,2-4H2,1H3,(H,15,16)(H,12,13,14). The van der Waals surface area contributed by atoms with Crippen LogP contribution in [0, 0.1) is 0 Å². The summed E-state index contributed by atoms with van der Waals surface area (Å²) in [5, 5.41) is 9.19. The van der Waals surface area contributed by atoms with E-state index in [-0.39, 0.29) is 17.2 Å². The van der Waals surface area contributed by atoms with E-state index in [1.54, 1.807) is 0 Å². The molecule has 0 aliphatic heterocycles. The molecular formula is C11H14N2O3S. The number of carbonyl (C=O) groups is 1. The molecule has 0 amide bonds. The van der Waals surface area contributed by atoms with E-state index in [1.165, 1.54) is 17.8 Å². The van der Waals surface area contributed by atoms with Crippen LogP contribution < -0.4 is 5.56 Å². The molecule has 1 heterocycles. The fraction of sp³-hybridized carbons (Fsp3) is 0.545. The number of aliphatic carboxylic acids is 1. The largest absolute Gasteiger partial charge is 0.481 e. The summed E-state index contributed by atoms with van der Waals surface area (Å²) in [4.78, 5) is 29.1. The molecule has 0 radical (unpaired) electrons. The first-order valence-electron chi connectivity index (χ1n) is 5.54. The Morgan fingerprint density at radius 1 is 1.71 bits per heavy atom. The lowest BCUT2D eigenvalue weighted by atomic mass is 10.3. The molecule has 1 saturated carbocycles. The quantitative estimate of drug-likeness (QED) is 0.616. The maximum Gasteiger partial charge on any atom is 0.304 e. The Bertz CT molecular complexity index is 482. The molecule has 0 bridgehead atoms. The number of carboxylic acids is 1. The number of rotatable bonds is 5. The van der Waals surface area contributed by atoms with Crippen molar-refractivity contribution in [3.8, 4) is 0 Å². The number of hydrogen-bond donors (Lipinski definition) is 2. The molecular weight excluding hydrogens is 240 g/mol. The van der Waals surface area contributed by atoms with E-state index in [0.717, 1.165) is 18.7 Å². The number of aromatic nitrogens is 2. The first kappa shape index (κ1) is 12.2. The van der Waals surface area contributed by atoms with Gasteiger partial charge in [0.1, 0.15) is 10.9 Å². The van der Waals surface area contributed by atoms with Crippen LogP contribution in [-0.4, -0.2) is 26.3 Å². The van der Waals surface area contributed by atoms with Gasteiger partial charge in [-0.25, -0.2) is 4.98 Å². The number of nitrogens with one attached hydrogen (secondary N) is 1. The molecule has 1 atom stereocenters. The molecule has 2 N–H and O–H groups in total. The molecule has 1 aliphatic rings. The van der Waals surface area contributed by atoms with Gasteiger partial charge >= 0.3 is 5.97 Å². The normalized spacial score (nSPS) is 16.8. The van der Waals surface area contributed by atoms with Gasteiger partial charge in [0.05, 0.1) is 6.42 Å². The highest BCUT2D eigenvalue weighted by atomic mass is 32.2. The molecule has 0 aromatic carbocycles. The third-order valence-corrected chi connectivity index (χ3v) is 3.50. The second-order valence-electron chi connectivity index (χ2n) is 4.27. The first-order valence-corrected chi connectivity index (χ1v) is 6.42. The Morgan fingerprint density at radius 2 is 2.41 bits per heavy atom. The second-order valence-corrected chi connectivity index (χ2v) is 5.73. The molecule has 0 spiro atoms. The summed E-state index contributed by atoms with van der Waals surface area (Å²) in [5.41, 5.74) is -0.160. The summed E-state index contributed by atoms with van der Waals surface area (Å²) in [6.07, 6.45) is 2.21. The highest BCUT2D eigenvalue weighted by molar-refractivity contribution is 7.99. The third kappa shape index (κ3) is 3.59. The number of H-pyrrole nitrogens is 1. The minimum atomic E-state index is -0.836. The number of thioether (sulfide) groups is 1. The lowest BCUT2D eigenvalue weighted by Crippen LogP contribution is -2.12. The van der Waals surface area contributed by atoms with Gasteiger partial charge in [-0.15, -0.1) is 11.8 Å². The third-order valence-electron chi connectivity index (χ3n) is 2.48. The summed E-state index contributed by atoms with van der Waals surface area (Å²) in [7, 11) is 0. The smallest absolute Gasteiger partial charge is 0.304 e. The molecule has 0 saturated heterocycles. The maximum atomic E-state index is 11.4. The highest BCUT2D eigenvalue weighted by Crippen LogP contribution is 2.38. The number of nitrogens with zero attached hydrogens (tertiary/aromatic N) is 1. The van der Waals surface area contributed by atoms with Crippen molar-refractivity contribution in [2.45, 2.75) is 42.4 Å². The summed E-state index contributed by atoms with van der Waals surface area (Å²) in [6.45, 7) is 1.82. The van der Waals surface area contributed by atoms with Crippen molar-refractivity contribution in [3.63, 3.8) is 0 Å². The molecule has 1 fully saturated rings. The lowest BCUT2D eigenvalue weighted by Gasteiger charge is -2.08. The van der Waals surface area contributed by atoms with E-state index in [9.17, 15) is 9.59 Å². The van der Waals surface area contributed by atoms with Crippen molar-refractivity contribution in [2.75, 3.05) is 0 Å². The first-order chi connectivity index (χ1) is 8.04. The van der Waals surface area contributed by atoms with E-state index in [4.69, 9.17) is 5.11 Å². The minimum absolute atomic E-state index is 0.0674. The van der Waals surface area contributed by atoms with Gasteiger partial charge in [0.2, 0.25) is 0 Å². The fourth-order valence-electron chi connectivity index (χ4n) is 1.56. The van der Waals surface area contributed by atoms with Gasteiger partial charge in [-0.1, -0.05) is 6.92 Å². The summed E-state index contributed by atoms with van der Waals surface area (Å²) in [6, 6.07) is 1.43. The van der Waals surface area contributed by atoms with Gasteiger partial charge in [0, 0.05) is 17.2 Å². The van der Waals surface area contributed by atoms with Crippen molar-refractivity contribution < 1.29 is 9.90 Å². The van der Waals surface area contributed by atoms with Crippen molar-refractivity contribution in [2.24, 2.45) is 0 Å². The average Bonchev–Trinajstić information content (AvgIpc) is 2.97. The monoisotopic (exact) mass is 254 g/mol. The van der Waals surface area contributed by atoms with Gasteiger partial charge < -0.3 is 10.1 Å². The van der Waals surface area contributed by atoms with E-state index in [2.05, 4.69) is 9.97 Å². The van der Waals surface area contributed by atoms with Crippen LogP contribution >= 0.6 is 11.8 Å². The molecule has 1 aromatic rings. The molecule has 5 nitrogen and oxygen atoms in total. The molecule has 1 aliphatic carbocycles. The Balaban J connectivity index is 2.09. The zero-order valence-corrected chi connectivity index (χ0v) is 10.3. The zero-order valence-electron chi connectivity index (χ0n) is 9.47. The van der Waals surface area contributed by atoms with Crippen molar-refractivity contribution in [3.05, 3.63) is 22.2 Å². The molecule has 6 heteroatoms. The highest BCUT2D eigenvalue weighted by Gasteiger charge is 2.26. The Labute approximate surface area is 103 Å². The summed E-state index contributed by atoms with van der Waals surface area (Å²) >= 11 is 1.33. The topological polar surface area (TPSA) is 83.0 Å². The predicted octanol–water partition coefficient (Wildman–Crippen LogP) is 1.60. The van der Waals surface area contributed by atoms with Crippen molar-refractivity contribution in [1.82, 2.24) is 9.97 Å². The Morgan fingerprint density at radius 3 is 3.00 bits per heavy atom. The fourth-order valence-corrected chi connectivity index (χ4v) is 2.52. The molecule has 92 valence electrons. The Kier molecular flexibility index (Phi) is 3.51. The van der Waals surface area contributed by atoms with Crippen LogP contribution in [0.15, 0.2) is 15.9 Å². The lowest BCUT2D eigenvalue weighted by molar-refractivity contribution is -0.136. The molecule has 17 heavy (non-hydrogen) atoms. The zero-order chi connectivity index (χ0) is 12.4. The van der Waals surface area contributed by atoms with Gasteiger partial charge in [-0.2, -0.15) is 0 Å². The van der Waals surface area contributed by atoms with Crippen LogP contribution in [-0.2, 0) is 4.79 Å². The van der Waals surface area contributed by atoms with Gasteiger partial charge in [0.15, 0.2) is 0 Å². The van der Waals surface area contributed by atoms with Gasteiger partial charge in [-0.05, 0) is 12.8 Å². The average molecular weight is 254 g/mol. The molecule has 1 aromatic heterocycles. The molecule has 1 unspecified atom stereocenters. The van der Waals surface area contributed by atoms with E-state index in [1.807, 2.05) is 6.92 Å². The summed E-state index contributed by atoms with van der Waals surface area (Å²) in [5.74, 6) is 0.290. The van der Waals surface area contributed by atoms with Gasteiger partial charge in [0.25, 0.3) is 5.56 Å². The number of carboxylic acid groups (broad SMARTS) is 1. The van der Waals surface area contributed by atoms with E-state index in [0.29, 0.717) is 10.9 Å². The second kappa shape index (κ2) is 4.91. The van der Waals surface area contributed by atoms with E-state index >= 15 is 0 Å². The van der Waals surface area contributed by atoms with Crippen LogP contribution in [0.2, 0.25) is 0 Å². The number of hydrogen-bond acceptors (Lipinski definition) is 4. The number of aromatic amines is 1. The van der Waals surface area contributed by atoms with Crippen LogP contribution in [0.25, 0.3) is 0 Å². The summed E-state index contributed by atoms with van der Waals surface area (Å²) < 4.78 is 0. The SMILES string of the molecule is CC(CC(=O)O)Sc1cc(=O)[nH]c(C2CC2)n1. The van der Waals surface area contributed by atoms with Crippen LogP contribution in [0.4, 0.5) is 0 Å². The van der Waals surface area contributed by atoms with Gasteiger partial charge in [-0.3, -0.25) is 9.59 Å². The Hall–Kier alpha value is -1.30. The van der Waals surface area contributed by atoms with Crippen molar-refractivity contribution >= 4 is 17.7 Å². The van der Waals surface area contributed by atoms with Crippen LogP contribution in [0.5, 0.6) is 0 Å². The predicted molar refractivity (Wildman–Crippen MR) is 64.4 cm³/mol. The molecule has 2 rings (SSSR count). The van der Waals surface area contributed by atoms with Crippen LogP contribution in [0.3, 0.4) is 0 Å². The van der Waals surface area contributed by atoms with E-state index < -0.39 is 5.97 Å².